The molecular formula is C67H66I4O20. The van der Waals surface area contributed by atoms with Gasteiger partial charge in [0, 0.05) is 61.6 Å². The number of carbonyl (C=O) groups excluding carboxylic acids is 8. The van der Waals surface area contributed by atoms with Gasteiger partial charge >= 0.3 is 47.8 Å². The van der Waals surface area contributed by atoms with E-state index in [4.69, 9.17) is 37.9 Å². The maximum absolute atomic E-state index is 12.8. The lowest BCUT2D eigenvalue weighted by Gasteiger charge is -2.32. The molecule has 12 fully saturated rings. The summed E-state index contributed by atoms with van der Waals surface area (Å²) in [6.07, 6.45) is -2.39. The number of benzene rings is 4. The fraction of sp³-hybridized carbons (Fsp3) is 0.522. The van der Waals surface area contributed by atoms with Crippen molar-refractivity contribution in [2.24, 2.45) is 94.7 Å². The Bertz CT molecular complexity index is 3560. The summed E-state index contributed by atoms with van der Waals surface area (Å²) >= 11 is 8.84. The third-order valence-corrected chi connectivity index (χ3v) is 24.2. The molecule has 0 amide bonds. The van der Waals surface area contributed by atoms with Crippen LogP contribution < -0.4 is 4.74 Å². The van der Waals surface area contributed by atoms with Crippen LogP contribution in [-0.2, 0) is 83.7 Å². The summed E-state index contributed by atoms with van der Waals surface area (Å²) in [5, 5.41) is 40.9. The number of esters is 8. The highest BCUT2D eigenvalue weighted by Crippen LogP contribution is 2.62. The monoisotopic (exact) mass is 1700 g/mol. The molecule has 4 N–H and O–H groups in total. The fourth-order valence-corrected chi connectivity index (χ4v) is 19.4. The molecule has 8 bridgehead atoms. The topological polar surface area (TPSA) is 291 Å². The summed E-state index contributed by atoms with van der Waals surface area (Å²) in [6, 6.07) is 28.7. The summed E-state index contributed by atoms with van der Waals surface area (Å²) in [7, 11) is 0. The molecule has 24 heteroatoms. The molecule has 0 spiro atoms. The zero-order chi connectivity index (χ0) is 64.5. The van der Waals surface area contributed by atoms with Gasteiger partial charge < -0.3 is 58.3 Å². The van der Waals surface area contributed by atoms with Crippen LogP contribution in [0, 0.1) is 116 Å². The SMILES string of the molecule is CC(C)(OC(=O)C1C2CC3C(OC(=O)C31)C2O)c1ccc(I)cc1.CC(OC(=O)C1C2CC3C(OC(=O)C31)C2O)c1ccc(I)cc1.Cc1cc(I)cc(COC(=O)C2C3CC4C(OC(=O)C42)C3O)c1.O=C(Oc1ccc(I)cc1)C1C2CC3C(OC(=O)C31)C2O. The lowest BCUT2D eigenvalue weighted by Crippen LogP contribution is -2.43. The molecule has 4 heterocycles. The first-order valence-corrected chi connectivity index (χ1v) is 35.0. The average Bonchev–Trinajstić information content (AvgIpc) is 1.59. The van der Waals surface area contributed by atoms with E-state index >= 15 is 0 Å². The Morgan fingerprint density at radius 3 is 1.29 bits per heavy atom. The average molecular weight is 1700 g/mol. The van der Waals surface area contributed by atoms with E-state index in [9.17, 15) is 58.8 Å². The molecule has 4 saturated heterocycles. The fourth-order valence-electron chi connectivity index (χ4n) is 17.5. The normalized spacial score (nSPS) is 37.9. The lowest BCUT2D eigenvalue weighted by molar-refractivity contribution is -0.169. The zero-order valence-electron chi connectivity index (χ0n) is 49.5. The first-order valence-electron chi connectivity index (χ1n) is 30.7. The van der Waals surface area contributed by atoms with Gasteiger partial charge in [-0.15, -0.1) is 0 Å². The van der Waals surface area contributed by atoms with E-state index < -0.39 is 126 Å². The Hall–Kier alpha value is -4.60. The van der Waals surface area contributed by atoms with Crippen LogP contribution >= 0.6 is 90.4 Å². The van der Waals surface area contributed by atoms with Crippen LogP contribution in [0.5, 0.6) is 5.75 Å². The second-order valence-electron chi connectivity index (χ2n) is 26.7. The Morgan fingerprint density at radius 1 is 0.495 bits per heavy atom. The van der Waals surface area contributed by atoms with Crippen molar-refractivity contribution in [3.63, 3.8) is 0 Å². The molecule has 4 aromatic rings. The van der Waals surface area contributed by atoms with Crippen molar-refractivity contribution in [2.75, 3.05) is 0 Å². The van der Waals surface area contributed by atoms with Crippen molar-refractivity contribution in [3.8, 4) is 5.75 Å². The highest BCUT2D eigenvalue weighted by atomic mass is 127. The van der Waals surface area contributed by atoms with Gasteiger partial charge in [-0.2, -0.15) is 0 Å². The van der Waals surface area contributed by atoms with Gasteiger partial charge in [0.05, 0.1) is 71.8 Å². The summed E-state index contributed by atoms with van der Waals surface area (Å²) in [4.78, 5) is 98.4. The second-order valence-corrected chi connectivity index (χ2v) is 31.7. The first-order chi connectivity index (χ1) is 43.3. The predicted octanol–water partition coefficient (Wildman–Crippen LogP) is 7.48. The number of rotatable bonds is 11. The molecule has 16 rings (SSSR count). The van der Waals surface area contributed by atoms with Crippen LogP contribution in [0.1, 0.15) is 74.8 Å². The van der Waals surface area contributed by atoms with Crippen LogP contribution in [0.15, 0.2) is 91.0 Å². The number of hydrogen-bond donors (Lipinski definition) is 4. The molecule has 8 aliphatic carbocycles. The third-order valence-electron chi connectivity index (χ3n) is 21.4. The Labute approximate surface area is 578 Å². The number of ether oxygens (including phenoxy) is 8. The molecule has 12 aliphatic rings. The minimum atomic E-state index is -0.796. The van der Waals surface area contributed by atoms with Crippen LogP contribution in [0.3, 0.4) is 0 Å². The molecule has 482 valence electrons. The highest BCUT2D eigenvalue weighted by Gasteiger charge is 2.72. The van der Waals surface area contributed by atoms with Gasteiger partial charge in [0.1, 0.15) is 48.5 Å². The highest BCUT2D eigenvalue weighted by molar-refractivity contribution is 14.1. The summed E-state index contributed by atoms with van der Waals surface area (Å²) in [5.74, 6) is -7.77. The molecule has 4 aliphatic heterocycles. The van der Waals surface area contributed by atoms with E-state index in [0.29, 0.717) is 31.4 Å². The number of halogens is 4. The van der Waals surface area contributed by atoms with E-state index in [1.807, 2.05) is 107 Å². The van der Waals surface area contributed by atoms with Crippen molar-refractivity contribution in [1.29, 1.82) is 0 Å². The maximum Gasteiger partial charge on any atom is 0.315 e. The van der Waals surface area contributed by atoms with Gasteiger partial charge in [0.2, 0.25) is 0 Å². The van der Waals surface area contributed by atoms with E-state index in [2.05, 4.69) is 90.4 Å². The van der Waals surface area contributed by atoms with Crippen LogP contribution in [0.25, 0.3) is 0 Å². The van der Waals surface area contributed by atoms with Crippen molar-refractivity contribution >= 4 is 138 Å². The summed E-state index contributed by atoms with van der Waals surface area (Å²) < 4.78 is 47.5. The molecule has 20 nitrogen and oxygen atoms in total. The smallest absolute Gasteiger partial charge is 0.315 e. The number of aryl methyl sites for hydroxylation is 1. The van der Waals surface area contributed by atoms with E-state index in [0.717, 1.165) is 36.5 Å². The van der Waals surface area contributed by atoms with Gasteiger partial charge in [0.25, 0.3) is 0 Å². The molecule has 8 saturated carbocycles. The molecule has 25 atom stereocenters. The number of aliphatic hydroxyl groups excluding tert-OH is 4. The van der Waals surface area contributed by atoms with E-state index in [1.165, 1.54) is 0 Å². The number of carbonyl (C=O) groups is 8. The minimum Gasteiger partial charge on any atom is -0.461 e. The van der Waals surface area contributed by atoms with Crippen LogP contribution in [0.2, 0.25) is 0 Å². The molecular weight excluding hydrogens is 1630 g/mol. The molecule has 91 heavy (non-hydrogen) atoms. The van der Waals surface area contributed by atoms with Gasteiger partial charge in [0.15, 0.2) is 0 Å². The Morgan fingerprint density at radius 2 is 0.868 bits per heavy atom. The Kier molecular flexibility index (Phi) is 18.0. The van der Waals surface area contributed by atoms with Crippen LogP contribution in [0.4, 0.5) is 0 Å². The quantitative estimate of drug-likeness (QED) is 0.0490. The molecule has 4 aromatic carbocycles. The molecule has 25 unspecified atom stereocenters. The first kappa shape index (κ1) is 65.1. The van der Waals surface area contributed by atoms with Gasteiger partial charge in [-0.3, -0.25) is 38.4 Å². The van der Waals surface area contributed by atoms with Crippen molar-refractivity contribution in [2.45, 2.75) is 121 Å². The van der Waals surface area contributed by atoms with Gasteiger partial charge in [-0.1, -0.05) is 30.3 Å². The van der Waals surface area contributed by atoms with Crippen molar-refractivity contribution in [1.82, 2.24) is 0 Å². The van der Waals surface area contributed by atoms with Crippen LogP contribution in [-0.4, -0.2) is 117 Å². The maximum atomic E-state index is 12.8. The third kappa shape index (κ3) is 11.7. The van der Waals surface area contributed by atoms with Gasteiger partial charge in [-0.25, -0.2) is 0 Å². The molecule has 0 aromatic heterocycles. The van der Waals surface area contributed by atoms with Crippen molar-refractivity contribution < 1.29 is 96.7 Å². The summed E-state index contributed by atoms with van der Waals surface area (Å²) in [5.41, 5.74) is 3.05. The largest absolute Gasteiger partial charge is 0.461 e. The lowest BCUT2D eigenvalue weighted by atomic mass is 9.78. The van der Waals surface area contributed by atoms with Crippen molar-refractivity contribution in [3.05, 3.63) is 128 Å². The standard InChI is InChI=1S/C18H19IO5.2C17H17IO5.C15H13IO5/c1-18(2,8-3-5-9(19)6-4-8)24-17(22)12-10-7-11-13(12)16(21)23-15(11)14(10)20;1-7-2-8(4-9(18)3-7)6-22-16(20)12-10-5-11-13(12)17(21)23-15(11)14(10)19;1-7(8-2-4-9(18)5-3-8)22-16(20)12-10-6-11-13(12)17(21)23-15(11)14(10)19;16-6-1-3-7(4-2-6)20-14(18)10-8-5-9-11(10)15(19)21-13(9)12(8)17/h3-6,10-15,20H,7H2,1-2H3;2-4,10-15,19H,5-6H2,1H3;2-5,7,10-15,19H,6H2,1H3;1-4,8-13,17H,5H2. The minimum absolute atomic E-state index is 0.0278. The molecule has 0 radical (unpaired) electrons. The second kappa shape index (κ2) is 25.2. The number of hydrogen-bond acceptors (Lipinski definition) is 20. The Balaban J connectivity index is 0.000000111. The predicted molar refractivity (Wildman–Crippen MR) is 348 cm³/mol. The van der Waals surface area contributed by atoms with E-state index in [-0.39, 0.29) is 83.9 Å². The van der Waals surface area contributed by atoms with E-state index in [1.54, 1.807) is 12.1 Å². The zero-order valence-corrected chi connectivity index (χ0v) is 58.1. The van der Waals surface area contributed by atoms with Gasteiger partial charge in [-0.05, 0) is 227 Å². The number of aliphatic hydroxyl groups is 4. The number of fused-ring (bicyclic) bond motifs is 4. The summed E-state index contributed by atoms with van der Waals surface area (Å²) in [6.45, 7) is 7.68.